The van der Waals surface area contributed by atoms with Crippen molar-refractivity contribution in [2.75, 3.05) is 22.7 Å². The fraction of sp³-hybridized carbons (Fsp3) is 0.421. The molecule has 0 spiro atoms. The van der Waals surface area contributed by atoms with Gasteiger partial charge in [0, 0.05) is 13.1 Å². The standard InChI is InChI=1S/C19H25N3O2S/c1-14-6-7-16(3)18(11-14)25(23,24)21-19-9-8-17(12-20-19)22-10-4-5-15(2)13-22/h6-9,11-12,15H,4-5,10,13H2,1-3H3,(H,20,21). The molecule has 1 N–H and O–H groups in total. The zero-order valence-electron chi connectivity index (χ0n) is 15.0. The highest BCUT2D eigenvalue weighted by Crippen LogP contribution is 2.24. The van der Waals surface area contributed by atoms with Crippen molar-refractivity contribution in [2.24, 2.45) is 5.92 Å². The summed E-state index contributed by atoms with van der Waals surface area (Å²) in [4.78, 5) is 6.91. The SMILES string of the molecule is Cc1ccc(C)c(S(=O)(=O)Nc2ccc(N3CCCC(C)C3)cn2)c1. The highest BCUT2D eigenvalue weighted by molar-refractivity contribution is 7.92. The molecular weight excluding hydrogens is 334 g/mol. The molecule has 0 amide bonds. The molecular formula is C19H25N3O2S. The number of aryl methyl sites for hydroxylation is 2. The summed E-state index contributed by atoms with van der Waals surface area (Å²) in [5.41, 5.74) is 2.67. The summed E-state index contributed by atoms with van der Waals surface area (Å²) < 4.78 is 27.9. The van der Waals surface area contributed by atoms with Crippen LogP contribution in [0.25, 0.3) is 0 Å². The van der Waals surface area contributed by atoms with E-state index in [1.54, 1.807) is 25.3 Å². The van der Waals surface area contributed by atoms with Gasteiger partial charge in [0.15, 0.2) is 0 Å². The van der Waals surface area contributed by atoms with E-state index in [1.165, 1.54) is 12.8 Å². The van der Waals surface area contributed by atoms with E-state index < -0.39 is 10.0 Å². The van der Waals surface area contributed by atoms with Gasteiger partial charge < -0.3 is 4.90 Å². The molecule has 0 aliphatic carbocycles. The van der Waals surface area contributed by atoms with E-state index >= 15 is 0 Å². The number of benzene rings is 1. The van der Waals surface area contributed by atoms with Gasteiger partial charge in [-0.2, -0.15) is 0 Å². The highest BCUT2D eigenvalue weighted by Gasteiger charge is 2.19. The van der Waals surface area contributed by atoms with E-state index in [0.717, 1.165) is 29.9 Å². The third-order valence-electron chi connectivity index (χ3n) is 4.64. The van der Waals surface area contributed by atoms with Gasteiger partial charge in [-0.25, -0.2) is 13.4 Å². The first-order valence-corrected chi connectivity index (χ1v) is 10.1. The number of pyridine rings is 1. The molecule has 1 fully saturated rings. The minimum Gasteiger partial charge on any atom is -0.370 e. The van der Waals surface area contributed by atoms with Crippen molar-refractivity contribution in [1.29, 1.82) is 0 Å². The van der Waals surface area contributed by atoms with Crippen molar-refractivity contribution >= 4 is 21.5 Å². The van der Waals surface area contributed by atoms with E-state index in [1.807, 2.05) is 25.1 Å². The second-order valence-corrected chi connectivity index (χ2v) is 8.62. The Hall–Kier alpha value is -2.08. The second-order valence-electron chi connectivity index (χ2n) is 6.97. The summed E-state index contributed by atoms with van der Waals surface area (Å²) in [6.07, 6.45) is 4.19. The normalized spacial score (nSPS) is 18.2. The van der Waals surface area contributed by atoms with Crippen LogP contribution in [0.1, 0.15) is 30.9 Å². The van der Waals surface area contributed by atoms with Crippen LogP contribution in [0.15, 0.2) is 41.4 Å². The summed E-state index contributed by atoms with van der Waals surface area (Å²) in [7, 11) is -3.64. The monoisotopic (exact) mass is 359 g/mol. The fourth-order valence-corrected chi connectivity index (χ4v) is 4.59. The molecule has 1 atom stereocenters. The van der Waals surface area contributed by atoms with Gasteiger partial charge >= 0.3 is 0 Å². The lowest BCUT2D eigenvalue weighted by Crippen LogP contribution is -2.34. The quantitative estimate of drug-likeness (QED) is 0.903. The van der Waals surface area contributed by atoms with E-state index in [-0.39, 0.29) is 0 Å². The van der Waals surface area contributed by atoms with Gasteiger partial charge in [-0.1, -0.05) is 19.1 Å². The Kier molecular flexibility index (Phi) is 4.99. The molecule has 1 aliphatic heterocycles. The predicted octanol–water partition coefficient (Wildman–Crippen LogP) is 3.74. The Morgan fingerprint density at radius 3 is 2.68 bits per heavy atom. The van der Waals surface area contributed by atoms with Gasteiger partial charge in [0.1, 0.15) is 5.82 Å². The van der Waals surface area contributed by atoms with E-state index in [0.29, 0.717) is 16.6 Å². The molecule has 6 heteroatoms. The third-order valence-corrected chi connectivity index (χ3v) is 6.14. The smallest absolute Gasteiger partial charge is 0.263 e. The number of aromatic nitrogens is 1. The zero-order chi connectivity index (χ0) is 18.0. The third kappa shape index (κ3) is 4.12. The molecule has 1 aliphatic rings. The van der Waals surface area contributed by atoms with Crippen molar-refractivity contribution in [3.63, 3.8) is 0 Å². The van der Waals surface area contributed by atoms with Crippen LogP contribution < -0.4 is 9.62 Å². The summed E-state index contributed by atoms with van der Waals surface area (Å²) in [6, 6.07) is 9.07. The first-order valence-electron chi connectivity index (χ1n) is 8.66. The number of anilines is 2. The minimum atomic E-state index is -3.64. The molecule has 0 radical (unpaired) electrons. The van der Waals surface area contributed by atoms with Gasteiger partial charge in [0.25, 0.3) is 10.0 Å². The maximum Gasteiger partial charge on any atom is 0.263 e. The maximum absolute atomic E-state index is 12.6. The zero-order valence-corrected chi connectivity index (χ0v) is 15.8. The first-order chi connectivity index (χ1) is 11.8. The molecule has 134 valence electrons. The maximum atomic E-state index is 12.6. The van der Waals surface area contributed by atoms with Crippen LogP contribution in [0.3, 0.4) is 0 Å². The Balaban J connectivity index is 1.77. The largest absolute Gasteiger partial charge is 0.370 e. The van der Waals surface area contributed by atoms with Crippen LogP contribution in [-0.4, -0.2) is 26.5 Å². The molecule has 0 bridgehead atoms. The van der Waals surface area contributed by atoms with Gasteiger partial charge in [0.05, 0.1) is 16.8 Å². The van der Waals surface area contributed by atoms with Gasteiger partial charge in [0.2, 0.25) is 0 Å². The van der Waals surface area contributed by atoms with Crippen molar-refractivity contribution in [3.05, 3.63) is 47.7 Å². The predicted molar refractivity (Wildman–Crippen MR) is 102 cm³/mol. The second kappa shape index (κ2) is 7.04. The minimum absolute atomic E-state index is 0.295. The molecule has 1 aromatic carbocycles. The molecule has 5 nitrogen and oxygen atoms in total. The molecule has 0 saturated carbocycles. The average Bonchev–Trinajstić information content (AvgIpc) is 2.57. The van der Waals surface area contributed by atoms with Crippen molar-refractivity contribution in [1.82, 2.24) is 4.98 Å². The molecule has 1 aromatic heterocycles. The molecule has 1 unspecified atom stereocenters. The van der Waals surface area contributed by atoms with Crippen LogP contribution in [0.2, 0.25) is 0 Å². The number of hydrogen-bond acceptors (Lipinski definition) is 4. The molecule has 1 saturated heterocycles. The highest BCUT2D eigenvalue weighted by atomic mass is 32.2. The fourth-order valence-electron chi connectivity index (χ4n) is 3.25. The van der Waals surface area contributed by atoms with Gasteiger partial charge in [-0.05, 0) is 61.9 Å². The summed E-state index contributed by atoms with van der Waals surface area (Å²) in [6.45, 7) is 7.98. The average molecular weight is 359 g/mol. The van der Waals surface area contributed by atoms with Crippen molar-refractivity contribution < 1.29 is 8.42 Å². The number of hydrogen-bond donors (Lipinski definition) is 1. The Morgan fingerprint density at radius 2 is 2.00 bits per heavy atom. The molecule has 2 heterocycles. The number of nitrogens with zero attached hydrogens (tertiary/aromatic N) is 2. The first kappa shape index (κ1) is 17.7. The lowest BCUT2D eigenvalue weighted by molar-refractivity contribution is 0.446. The number of rotatable bonds is 4. The lowest BCUT2D eigenvalue weighted by atomic mass is 10.00. The van der Waals surface area contributed by atoms with Crippen LogP contribution in [-0.2, 0) is 10.0 Å². The van der Waals surface area contributed by atoms with Crippen LogP contribution >= 0.6 is 0 Å². The Morgan fingerprint density at radius 1 is 1.20 bits per heavy atom. The summed E-state index contributed by atoms with van der Waals surface area (Å²) >= 11 is 0. The molecule has 3 rings (SSSR count). The van der Waals surface area contributed by atoms with Crippen LogP contribution in [0, 0.1) is 19.8 Å². The van der Waals surface area contributed by atoms with Crippen molar-refractivity contribution in [3.8, 4) is 0 Å². The van der Waals surface area contributed by atoms with E-state index in [4.69, 9.17) is 0 Å². The lowest BCUT2D eigenvalue weighted by Gasteiger charge is -2.32. The summed E-state index contributed by atoms with van der Waals surface area (Å²) in [5, 5.41) is 0. The Labute approximate surface area is 150 Å². The van der Waals surface area contributed by atoms with E-state index in [9.17, 15) is 8.42 Å². The summed E-state index contributed by atoms with van der Waals surface area (Å²) in [5.74, 6) is 1.02. The number of nitrogens with one attached hydrogen (secondary N) is 1. The van der Waals surface area contributed by atoms with Gasteiger partial charge in [-0.3, -0.25) is 4.72 Å². The Bertz CT molecular complexity index is 847. The topological polar surface area (TPSA) is 62.3 Å². The molecule has 2 aromatic rings. The number of sulfonamides is 1. The van der Waals surface area contributed by atoms with Crippen LogP contribution in [0.5, 0.6) is 0 Å². The number of piperidine rings is 1. The van der Waals surface area contributed by atoms with E-state index in [2.05, 4.69) is 21.5 Å². The van der Waals surface area contributed by atoms with Gasteiger partial charge in [-0.15, -0.1) is 0 Å². The molecule has 25 heavy (non-hydrogen) atoms. The van der Waals surface area contributed by atoms with Crippen molar-refractivity contribution in [2.45, 2.75) is 38.5 Å². The van der Waals surface area contributed by atoms with Crippen LogP contribution in [0.4, 0.5) is 11.5 Å².